The fourth-order valence-corrected chi connectivity index (χ4v) is 3.72. The molecule has 0 fully saturated rings. The summed E-state index contributed by atoms with van der Waals surface area (Å²) in [5, 5.41) is 2.74. The van der Waals surface area contributed by atoms with E-state index in [-0.39, 0.29) is 6.54 Å². The average molecular weight is 475 g/mol. The van der Waals surface area contributed by atoms with Crippen LogP contribution in [0.25, 0.3) is 0 Å². The SMILES string of the molecule is CS(=O)(=O)N(CC(=O)Nc1ccccc1Oc1ccccc1)c1ccc(Br)cc1. The van der Waals surface area contributed by atoms with E-state index in [1.165, 1.54) is 0 Å². The van der Waals surface area contributed by atoms with Crippen LogP contribution in [0.1, 0.15) is 0 Å². The predicted octanol–water partition coefficient (Wildman–Crippen LogP) is 4.65. The Bertz CT molecular complexity index is 1090. The van der Waals surface area contributed by atoms with E-state index in [9.17, 15) is 13.2 Å². The first-order chi connectivity index (χ1) is 13.8. The number of para-hydroxylation sites is 3. The van der Waals surface area contributed by atoms with Crippen LogP contribution in [0, 0.1) is 0 Å². The number of nitrogens with one attached hydrogen (secondary N) is 1. The van der Waals surface area contributed by atoms with Gasteiger partial charge in [0.1, 0.15) is 12.3 Å². The summed E-state index contributed by atoms with van der Waals surface area (Å²) in [4.78, 5) is 12.6. The molecule has 0 bridgehead atoms. The van der Waals surface area contributed by atoms with Crippen LogP contribution in [0.5, 0.6) is 11.5 Å². The van der Waals surface area contributed by atoms with Gasteiger partial charge in [-0.15, -0.1) is 0 Å². The van der Waals surface area contributed by atoms with Crippen LogP contribution in [0.2, 0.25) is 0 Å². The summed E-state index contributed by atoms with van der Waals surface area (Å²) < 4.78 is 32.1. The first-order valence-corrected chi connectivity index (χ1v) is 11.3. The number of ether oxygens (including phenoxy) is 1. The van der Waals surface area contributed by atoms with Crippen molar-refractivity contribution in [2.24, 2.45) is 0 Å². The van der Waals surface area contributed by atoms with Gasteiger partial charge in [0.15, 0.2) is 5.75 Å². The molecule has 1 N–H and O–H groups in total. The van der Waals surface area contributed by atoms with Crippen LogP contribution < -0.4 is 14.4 Å². The number of sulfonamides is 1. The van der Waals surface area contributed by atoms with Crippen molar-refractivity contribution >= 4 is 43.2 Å². The van der Waals surface area contributed by atoms with Gasteiger partial charge in [-0.2, -0.15) is 0 Å². The third kappa shape index (κ3) is 5.82. The van der Waals surface area contributed by atoms with Crippen molar-refractivity contribution in [3.05, 3.63) is 83.3 Å². The summed E-state index contributed by atoms with van der Waals surface area (Å²) in [5.41, 5.74) is 0.852. The zero-order valence-corrected chi connectivity index (χ0v) is 18.0. The molecule has 3 aromatic rings. The fraction of sp³-hybridized carbons (Fsp3) is 0.0952. The van der Waals surface area contributed by atoms with Gasteiger partial charge in [-0.1, -0.05) is 46.3 Å². The number of rotatable bonds is 7. The van der Waals surface area contributed by atoms with Crippen LogP contribution in [0.4, 0.5) is 11.4 Å². The normalized spacial score (nSPS) is 11.0. The quantitative estimate of drug-likeness (QED) is 0.540. The molecule has 0 saturated carbocycles. The summed E-state index contributed by atoms with van der Waals surface area (Å²) in [5.74, 6) is 0.603. The van der Waals surface area contributed by atoms with Gasteiger partial charge in [-0.3, -0.25) is 9.10 Å². The maximum absolute atomic E-state index is 12.6. The van der Waals surface area contributed by atoms with E-state index in [1.54, 1.807) is 60.7 Å². The molecule has 8 heteroatoms. The molecule has 0 spiro atoms. The summed E-state index contributed by atoms with van der Waals surface area (Å²) >= 11 is 3.31. The molecule has 0 radical (unpaired) electrons. The number of anilines is 2. The Labute approximate surface area is 178 Å². The lowest BCUT2D eigenvalue weighted by Gasteiger charge is -2.22. The lowest BCUT2D eigenvalue weighted by Crippen LogP contribution is -2.37. The Kier molecular flexibility index (Phi) is 6.56. The van der Waals surface area contributed by atoms with E-state index in [1.807, 2.05) is 18.2 Å². The lowest BCUT2D eigenvalue weighted by atomic mass is 10.2. The van der Waals surface area contributed by atoms with E-state index in [2.05, 4.69) is 21.2 Å². The number of hydrogen-bond donors (Lipinski definition) is 1. The van der Waals surface area contributed by atoms with Gasteiger partial charge in [0.25, 0.3) is 0 Å². The maximum atomic E-state index is 12.6. The monoisotopic (exact) mass is 474 g/mol. The summed E-state index contributed by atoms with van der Waals surface area (Å²) in [7, 11) is -3.65. The number of amides is 1. The second-order valence-corrected chi connectivity index (χ2v) is 9.03. The van der Waals surface area contributed by atoms with E-state index < -0.39 is 15.9 Å². The van der Waals surface area contributed by atoms with Crippen LogP contribution in [-0.4, -0.2) is 27.1 Å². The van der Waals surface area contributed by atoms with Gasteiger partial charge in [0, 0.05) is 4.47 Å². The van der Waals surface area contributed by atoms with Gasteiger partial charge in [-0.25, -0.2) is 8.42 Å². The molecule has 3 rings (SSSR count). The summed E-state index contributed by atoms with van der Waals surface area (Å²) in [6.45, 7) is -0.361. The Hall–Kier alpha value is -2.84. The van der Waals surface area contributed by atoms with Crippen molar-refractivity contribution < 1.29 is 17.9 Å². The van der Waals surface area contributed by atoms with Crippen molar-refractivity contribution in [3.8, 4) is 11.5 Å². The molecule has 150 valence electrons. The number of carbonyl (C=O) groups is 1. The largest absolute Gasteiger partial charge is 0.455 e. The third-order valence-corrected chi connectivity index (χ3v) is 5.60. The van der Waals surface area contributed by atoms with E-state index in [0.717, 1.165) is 15.0 Å². The van der Waals surface area contributed by atoms with Crippen molar-refractivity contribution in [2.75, 3.05) is 22.4 Å². The highest BCUT2D eigenvalue weighted by atomic mass is 79.9. The Morgan fingerprint density at radius 1 is 0.966 bits per heavy atom. The van der Waals surface area contributed by atoms with Gasteiger partial charge in [0.2, 0.25) is 15.9 Å². The van der Waals surface area contributed by atoms with Crippen LogP contribution in [0.3, 0.4) is 0 Å². The van der Waals surface area contributed by atoms with Crippen molar-refractivity contribution in [1.82, 2.24) is 0 Å². The molecular formula is C21H19BrN2O4S. The van der Waals surface area contributed by atoms with Crippen molar-refractivity contribution in [3.63, 3.8) is 0 Å². The highest BCUT2D eigenvalue weighted by Crippen LogP contribution is 2.29. The van der Waals surface area contributed by atoms with Gasteiger partial charge in [-0.05, 0) is 48.5 Å². The van der Waals surface area contributed by atoms with E-state index >= 15 is 0 Å². The van der Waals surface area contributed by atoms with Crippen molar-refractivity contribution in [1.29, 1.82) is 0 Å². The minimum absolute atomic E-state index is 0.361. The van der Waals surface area contributed by atoms with Gasteiger partial charge >= 0.3 is 0 Å². The van der Waals surface area contributed by atoms with Crippen molar-refractivity contribution in [2.45, 2.75) is 0 Å². The molecule has 0 heterocycles. The number of benzene rings is 3. The van der Waals surface area contributed by atoms with E-state index in [4.69, 9.17) is 4.74 Å². The second-order valence-electron chi connectivity index (χ2n) is 6.21. The number of hydrogen-bond acceptors (Lipinski definition) is 4. The molecule has 0 aliphatic carbocycles. The Morgan fingerprint density at radius 3 is 2.24 bits per heavy atom. The van der Waals surface area contributed by atoms with Gasteiger partial charge in [0.05, 0.1) is 17.6 Å². The third-order valence-electron chi connectivity index (χ3n) is 3.93. The van der Waals surface area contributed by atoms with Crippen LogP contribution in [-0.2, 0) is 14.8 Å². The fourth-order valence-electron chi connectivity index (χ4n) is 2.60. The highest BCUT2D eigenvalue weighted by molar-refractivity contribution is 9.10. The number of nitrogens with zero attached hydrogens (tertiary/aromatic N) is 1. The smallest absolute Gasteiger partial charge is 0.245 e. The minimum atomic E-state index is -3.65. The lowest BCUT2D eigenvalue weighted by molar-refractivity contribution is -0.114. The number of halogens is 1. The molecule has 0 unspecified atom stereocenters. The molecule has 0 aromatic heterocycles. The first kappa shape index (κ1) is 20.9. The molecule has 0 aliphatic rings. The zero-order valence-electron chi connectivity index (χ0n) is 15.6. The highest BCUT2D eigenvalue weighted by Gasteiger charge is 2.21. The molecule has 0 aliphatic heterocycles. The molecular weight excluding hydrogens is 456 g/mol. The topological polar surface area (TPSA) is 75.7 Å². The van der Waals surface area contributed by atoms with Gasteiger partial charge < -0.3 is 10.1 Å². The standard InChI is InChI=1S/C21H19BrN2O4S/c1-29(26,27)24(17-13-11-16(22)12-14-17)15-21(25)23-19-9-5-6-10-20(19)28-18-7-3-2-4-8-18/h2-14H,15H2,1H3,(H,23,25). The summed E-state index contributed by atoms with van der Waals surface area (Å²) in [6, 6.07) is 22.8. The number of carbonyl (C=O) groups excluding carboxylic acids is 1. The molecule has 1 amide bonds. The zero-order chi connectivity index (χ0) is 20.9. The Balaban J connectivity index is 1.78. The predicted molar refractivity (Wildman–Crippen MR) is 118 cm³/mol. The van der Waals surface area contributed by atoms with Crippen LogP contribution in [0.15, 0.2) is 83.3 Å². The molecule has 29 heavy (non-hydrogen) atoms. The van der Waals surface area contributed by atoms with E-state index in [0.29, 0.717) is 22.9 Å². The molecule has 0 saturated heterocycles. The second kappa shape index (κ2) is 9.11. The molecule has 0 atom stereocenters. The molecule has 6 nitrogen and oxygen atoms in total. The minimum Gasteiger partial charge on any atom is -0.455 e. The maximum Gasteiger partial charge on any atom is 0.245 e. The summed E-state index contributed by atoms with van der Waals surface area (Å²) in [6.07, 6.45) is 1.06. The van der Waals surface area contributed by atoms with Crippen LogP contribution >= 0.6 is 15.9 Å². The molecule has 3 aromatic carbocycles. The Morgan fingerprint density at radius 2 is 1.59 bits per heavy atom. The first-order valence-electron chi connectivity index (χ1n) is 8.68. The average Bonchev–Trinajstić information content (AvgIpc) is 2.68.